The summed E-state index contributed by atoms with van der Waals surface area (Å²) in [6, 6.07) is 14.1. The highest BCUT2D eigenvalue weighted by atomic mass is 16.5. The van der Waals surface area contributed by atoms with Crippen LogP contribution in [0.25, 0.3) is 0 Å². The van der Waals surface area contributed by atoms with Gasteiger partial charge in [0.1, 0.15) is 5.75 Å². The van der Waals surface area contributed by atoms with Gasteiger partial charge in [-0.25, -0.2) is 0 Å². The molecule has 0 unspecified atom stereocenters. The van der Waals surface area contributed by atoms with Crippen LogP contribution in [-0.2, 0) is 16.1 Å². The van der Waals surface area contributed by atoms with Crippen LogP contribution >= 0.6 is 0 Å². The molecule has 0 aliphatic heterocycles. The molecule has 1 aliphatic rings. The van der Waals surface area contributed by atoms with Crippen LogP contribution in [0, 0.1) is 5.92 Å². The van der Waals surface area contributed by atoms with E-state index >= 15 is 0 Å². The largest absolute Gasteiger partial charge is 0.484 e. The molecular formula is C22H25N3O4. The van der Waals surface area contributed by atoms with Gasteiger partial charge in [-0.05, 0) is 42.7 Å². The fourth-order valence-electron chi connectivity index (χ4n) is 2.78. The molecule has 2 aromatic carbocycles. The van der Waals surface area contributed by atoms with E-state index in [2.05, 4.69) is 10.6 Å². The lowest BCUT2D eigenvalue weighted by Gasteiger charge is -2.18. The van der Waals surface area contributed by atoms with Gasteiger partial charge in [-0.15, -0.1) is 0 Å². The fourth-order valence-corrected chi connectivity index (χ4v) is 2.78. The fraction of sp³-hybridized carbons (Fsp3) is 0.318. The zero-order valence-electron chi connectivity index (χ0n) is 16.6. The average molecular weight is 395 g/mol. The van der Waals surface area contributed by atoms with Gasteiger partial charge in [-0.3, -0.25) is 14.4 Å². The Morgan fingerprint density at radius 1 is 1.10 bits per heavy atom. The number of nitrogens with zero attached hydrogens (tertiary/aromatic N) is 1. The first-order valence-electron chi connectivity index (χ1n) is 9.55. The molecule has 0 aromatic heterocycles. The van der Waals surface area contributed by atoms with Crippen molar-refractivity contribution < 1.29 is 19.1 Å². The van der Waals surface area contributed by atoms with E-state index in [9.17, 15) is 14.4 Å². The lowest BCUT2D eigenvalue weighted by atomic mass is 10.1. The van der Waals surface area contributed by atoms with Crippen LogP contribution in [0.1, 0.15) is 28.8 Å². The molecule has 2 aromatic rings. The molecular weight excluding hydrogens is 370 g/mol. The molecule has 2 N–H and O–H groups in total. The summed E-state index contributed by atoms with van der Waals surface area (Å²) < 4.78 is 5.59. The number of likely N-dealkylation sites (N-methyl/N-ethyl adjacent to an activating group) is 1. The zero-order chi connectivity index (χ0) is 20.8. The van der Waals surface area contributed by atoms with Crippen molar-refractivity contribution in [2.24, 2.45) is 5.92 Å². The Morgan fingerprint density at radius 3 is 2.48 bits per heavy atom. The number of carbonyl (C=O) groups excluding carboxylic acids is 3. The number of carbonyl (C=O) groups is 3. The maximum absolute atomic E-state index is 12.4. The molecule has 1 saturated carbocycles. The predicted octanol–water partition coefficient (Wildman–Crippen LogP) is 2.43. The molecule has 29 heavy (non-hydrogen) atoms. The van der Waals surface area contributed by atoms with Crippen LogP contribution in [-0.4, -0.2) is 43.3 Å². The maximum atomic E-state index is 12.4. The van der Waals surface area contributed by atoms with Gasteiger partial charge in [0.15, 0.2) is 6.61 Å². The molecule has 0 atom stereocenters. The summed E-state index contributed by atoms with van der Waals surface area (Å²) in [6.45, 7) is 0.306. The highest BCUT2D eigenvalue weighted by molar-refractivity contribution is 5.94. The lowest BCUT2D eigenvalue weighted by Crippen LogP contribution is -2.31. The number of rotatable bonds is 8. The second-order valence-electron chi connectivity index (χ2n) is 7.11. The molecule has 7 nitrogen and oxygen atoms in total. The van der Waals surface area contributed by atoms with E-state index in [4.69, 9.17) is 4.74 Å². The third-order valence-electron chi connectivity index (χ3n) is 4.70. The Hall–Kier alpha value is -3.35. The van der Waals surface area contributed by atoms with Gasteiger partial charge in [0.2, 0.25) is 5.91 Å². The van der Waals surface area contributed by atoms with Gasteiger partial charge < -0.3 is 20.3 Å². The van der Waals surface area contributed by atoms with Gasteiger partial charge >= 0.3 is 0 Å². The smallest absolute Gasteiger partial charge is 0.260 e. The summed E-state index contributed by atoms with van der Waals surface area (Å²) in [5.41, 5.74) is 2.15. The minimum atomic E-state index is -0.173. The molecule has 3 rings (SSSR count). The zero-order valence-corrected chi connectivity index (χ0v) is 16.6. The van der Waals surface area contributed by atoms with Gasteiger partial charge in [0, 0.05) is 43.9 Å². The van der Waals surface area contributed by atoms with Crippen molar-refractivity contribution in [2.75, 3.05) is 26.0 Å². The van der Waals surface area contributed by atoms with Gasteiger partial charge in [0.25, 0.3) is 11.8 Å². The van der Waals surface area contributed by atoms with E-state index in [0.29, 0.717) is 23.5 Å². The quantitative estimate of drug-likeness (QED) is 0.719. The molecule has 0 spiro atoms. The minimum Gasteiger partial charge on any atom is -0.484 e. The van der Waals surface area contributed by atoms with E-state index in [-0.39, 0.29) is 30.2 Å². The molecule has 0 heterocycles. The Balaban J connectivity index is 1.49. The Kier molecular flexibility index (Phi) is 6.49. The SMILES string of the molecule is CNC(=O)c1ccc(CN(C)C(=O)COc2cccc(NC(=O)C3CC3)c2)cc1. The van der Waals surface area contributed by atoms with E-state index in [1.807, 2.05) is 12.1 Å². The summed E-state index contributed by atoms with van der Waals surface area (Å²) in [5.74, 6) is 0.355. The predicted molar refractivity (Wildman–Crippen MR) is 110 cm³/mol. The first kappa shape index (κ1) is 20.4. The topological polar surface area (TPSA) is 87.7 Å². The summed E-state index contributed by atoms with van der Waals surface area (Å²) in [5, 5.41) is 5.43. The van der Waals surface area contributed by atoms with Crippen molar-refractivity contribution in [1.29, 1.82) is 0 Å². The first-order valence-corrected chi connectivity index (χ1v) is 9.55. The van der Waals surface area contributed by atoms with Crippen molar-refractivity contribution in [3.63, 3.8) is 0 Å². The number of hydrogen-bond donors (Lipinski definition) is 2. The van der Waals surface area contributed by atoms with Crippen LogP contribution in [0.3, 0.4) is 0 Å². The van der Waals surface area contributed by atoms with Crippen molar-refractivity contribution in [1.82, 2.24) is 10.2 Å². The third-order valence-corrected chi connectivity index (χ3v) is 4.70. The molecule has 1 fully saturated rings. The molecule has 0 bridgehead atoms. The highest BCUT2D eigenvalue weighted by Gasteiger charge is 2.29. The second kappa shape index (κ2) is 9.23. The molecule has 152 valence electrons. The summed E-state index contributed by atoms with van der Waals surface area (Å²) in [4.78, 5) is 37.4. The van der Waals surface area contributed by atoms with Crippen molar-refractivity contribution in [2.45, 2.75) is 19.4 Å². The maximum Gasteiger partial charge on any atom is 0.260 e. The van der Waals surface area contributed by atoms with E-state index in [0.717, 1.165) is 18.4 Å². The van der Waals surface area contributed by atoms with Gasteiger partial charge in [0.05, 0.1) is 0 Å². The normalized spacial score (nSPS) is 12.8. The van der Waals surface area contributed by atoms with E-state index in [1.54, 1.807) is 55.4 Å². The summed E-state index contributed by atoms with van der Waals surface area (Å²) in [7, 11) is 3.28. The monoisotopic (exact) mass is 395 g/mol. The third kappa shape index (κ3) is 5.81. The van der Waals surface area contributed by atoms with Crippen LogP contribution in [0.5, 0.6) is 5.75 Å². The highest BCUT2D eigenvalue weighted by Crippen LogP contribution is 2.30. The van der Waals surface area contributed by atoms with Crippen LogP contribution in [0.4, 0.5) is 5.69 Å². The van der Waals surface area contributed by atoms with Crippen LogP contribution in [0.15, 0.2) is 48.5 Å². The molecule has 0 saturated heterocycles. The Morgan fingerprint density at radius 2 is 1.83 bits per heavy atom. The number of anilines is 1. The average Bonchev–Trinajstić information content (AvgIpc) is 3.57. The summed E-state index contributed by atoms with van der Waals surface area (Å²) in [6.07, 6.45) is 1.88. The molecule has 3 amide bonds. The molecule has 0 radical (unpaired) electrons. The first-order chi connectivity index (χ1) is 14.0. The van der Waals surface area contributed by atoms with Crippen LogP contribution in [0.2, 0.25) is 0 Å². The Bertz CT molecular complexity index is 891. The Labute approximate surface area is 170 Å². The van der Waals surface area contributed by atoms with Crippen molar-refractivity contribution >= 4 is 23.4 Å². The van der Waals surface area contributed by atoms with E-state index in [1.165, 1.54) is 0 Å². The standard InChI is InChI=1S/C22H25N3O4/c1-23-21(27)16-8-6-15(7-9-16)13-25(2)20(26)14-29-19-5-3-4-18(12-19)24-22(28)17-10-11-17/h3-9,12,17H,10-11,13-14H2,1-2H3,(H,23,27)(H,24,28). The van der Waals surface area contributed by atoms with Crippen molar-refractivity contribution in [3.05, 3.63) is 59.7 Å². The number of hydrogen-bond acceptors (Lipinski definition) is 4. The van der Waals surface area contributed by atoms with Gasteiger partial charge in [-0.2, -0.15) is 0 Å². The summed E-state index contributed by atoms with van der Waals surface area (Å²) >= 11 is 0. The van der Waals surface area contributed by atoms with Crippen molar-refractivity contribution in [3.8, 4) is 5.75 Å². The second-order valence-corrected chi connectivity index (χ2v) is 7.11. The van der Waals surface area contributed by atoms with Crippen LogP contribution < -0.4 is 15.4 Å². The number of nitrogens with one attached hydrogen (secondary N) is 2. The number of amides is 3. The van der Waals surface area contributed by atoms with Gasteiger partial charge in [-0.1, -0.05) is 18.2 Å². The van der Waals surface area contributed by atoms with E-state index < -0.39 is 0 Å². The lowest BCUT2D eigenvalue weighted by molar-refractivity contribution is -0.132. The number of benzene rings is 2. The molecule has 7 heteroatoms. The molecule has 1 aliphatic carbocycles. The minimum absolute atomic E-state index is 0.0281. The number of ether oxygens (including phenoxy) is 1.